The lowest BCUT2D eigenvalue weighted by molar-refractivity contribution is 0.414. The first-order valence-electron chi connectivity index (χ1n) is 6.23. The number of nitrogens with two attached hydrogens (primary N) is 1. The number of rotatable bonds is 4. The molecule has 1 atom stereocenters. The smallest absolute Gasteiger partial charge is 0.149 e. The molecule has 3 N–H and O–H groups in total. The number of methoxy groups -OCH3 is 1. The first-order valence-corrected chi connectivity index (χ1v) is 6.23. The van der Waals surface area contributed by atoms with Gasteiger partial charge in [0.25, 0.3) is 0 Å². The third-order valence-electron chi connectivity index (χ3n) is 3.18. The van der Waals surface area contributed by atoms with Gasteiger partial charge in [0.1, 0.15) is 11.6 Å². The summed E-state index contributed by atoms with van der Waals surface area (Å²) in [4.78, 5) is 4.28. The lowest BCUT2D eigenvalue weighted by Crippen LogP contribution is -2.10. The molecule has 0 fully saturated rings. The van der Waals surface area contributed by atoms with Crippen molar-refractivity contribution in [2.24, 2.45) is 0 Å². The molecule has 1 unspecified atom stereocenters. The maximum absolute atomic E-state index is 6.01. The molecular formula is C15H19N3O. The number of nitrogen functional groups attached to an aromatic ring is 1. The van der Waals surface area contributed by atoms with Crippen LogP contribution >= 0.6 is 0 Å². The Kier molecular flexibility index (Phi) is 3.90. The van der Waals surface area contributed by atoms with E-state index in [4.69, 9.17) is 10.5 Å². The predicted octanol–water partition coefficient (Wildman–Crippen LogP) is 3.15. The van der Waals surface area contributed by atoms with Crippen LogP contribution in [0.5, 0.6) is 5.75 Å². The number of pyridine rings is 1. The fourth-order valence-corrected chi connectivity index (χ4v) is 1.87. The van der Waals surface area contributed by atoms with E-state index in [1.807, 2.05) is 37.3 Å². The standard InChI is InChI=1S/C15H19N3O/c1-10-8-9-17-15(14(10)16)18-11(2)12-4-6-13(19-3)7-5-12/h4-9,11H,16H2,1-3H3,(H,17,18). The molecule has 1 heterocycles. The van der Waals surface area contributed by atoms with Gasteiger partial charge in [0.2, 0.25) is 0 Å². The van der Waals surface area contributed by atoms with Gasteiger partial charge in [-0.1, -0.05) is 12.1 Å². The number of ether oxygens (including phenoxy) is 1. The molecule has 0 saturated heterocycles. The Balaban J connectivity index is 2.15. The first-order chi connectivity index (χ1) is 9.11. The van der Waals surface area contributed by atoms with E-state index in [9.17, 15) is 0 Å². The minimum atomic E-state index is 0.127. The molecule has 2 rings (SSSR count). The van der Waals surface area contributed by atoms with Crippen LogP contribution in [0.3, 0.4) is 0 Å². The van der Waals surface area contributed by atoms with E-state index in [0.29, 0.717) is 5.69 Å². The van der Waals surface area contributed by atoms with Crippen molar-refractivity contribution < 1.29 is 4.74 Å². The molecular weight excluding hydrogens is 238 g/mol. The molecule has 1 aromatic heterocycles. The zero-order valence-corrected chi connectivity index (χ0v) is 11.5. The van der Waals surface area contributed by atoms with Crippen LogP contribution in [-0.4, -0.2) is 12.1 Å². The summed E-state index contributed by atoms with van der Waals surface area (Å²) < 4.78 is 5.15. The Morgan fingerprint density at radius 2 is 1.89 bits per heavy atom. The highest BCUT2D eigenvalue weighted by Crippen LogP contribution is 2.25. The SMILES string of the molecule is COc1ccc(C(C)Nc2nccc(C)c2N)cc1. The Morgan fingerprint density at radius 3 is 2.53 bits per heavy atom. The summed E-state index contributed by atoms with van der Waals surface area (Å²) in [7, 11) is 1.66. The van der Waals surface area contributed by atoms with Gasteiger partial charge in [0.15, 0.2) is 0 Å². The van der Waals surface area contributed by atoms with E-state index >= 15 is 0 Å². The van der Waals surface area contributed by atoms with Crippen LogP contribution in [0.1, 0.15) is 24.1 Å². The van der Waals surface area contributed by atoms with E-state index in [0.717, 1.165) is 22.7 Å². The molecule has 2 aromatic rings. The molecule has 4 heteroatoms. The molecule has 0 saturated carbocycles. The quantitative estimate of drug-likeness (QED) is 0.883. The molecule has 0 amide bonds. The number of hydrogen-bond donors (Lipinski definition) is 2. The van der Waals surface area contributed by atoms with E-state index < -0.39 is 0 Å². The molecule has 0 spiro atoms. The van der Waals surface area contributed by atoms with Crippen molar-refractivity contribution in [3.63, 3.8) is 0 Å². The van der Waals surface area contributed by atoms with Crippen LogP contribution in [0.15, 0.2) is 36.5 Å². The van der Waals surface area contributed by atoms with E-state index in [2.05, 4.69) is 17.2 Å². The van der Waals surface area contributed by atoms with Crippen LogP contribution in [0, 0.1) is 6.92 Å². The van der Waals surface area contributed by atoms with Gasteiger partial charge >= 0.3 is 0 Å². The third-order valence-corrected chi connectivity index (χ3v) is 3.18. The Hall–Kier alpha value is -2.23. The van der Waals surface area contributed by atoms with Gasteiger partial charge in [-0.3, -0.25) is 0 Å². The molecule has 100 valence electrons. The number of aromatic nitrogens is 1. The van der Waals surface area contributed by atoms with Crippen molar-refractivity contribution in [2.75, 3.05) is 18.2 Å². The summed E-state index contributed by atoms with van der Waals surface area (Å²) in [5, 5.41) is 3.33. The largest absolute Gasteiger partial charge is 0.497 e. The van der Waals surface area contributed by atoms with E-state index in [-0.39, 0.29) is 6.04 Å². The van der Waals surface area contributed by atoms with Gasteiger partial charge in [0, 0.05) is 6.20 Å². The Labute approximate surface area is 113 Å². The number of nitrogens with one attached hydrogen (secondary N) is 1. The summed E-state index contributed by atoms with van der Waals surface area (Å²) in [5.41, 5.74) is 8.89. The predicted molar refractivity (Wildman–Crippen MR) is 78.4 cm³/mol. The van der Waals surface area contributed by atoms with Crippen molar-refractivity contribution in [1.29, 1.82) is 0 Å². The Morgan fingerprint density at radius 1 is 1.21 bits per heavy atom. The van der Waals surface area contributed by atoms with Gasteiger partial charge in [-0.15, -0.1) is 0 Å². The zero-order chi connectivity index (χ0) is 13.8. The second kappa shape index (κ2) is 5.61. The third kappa shape index (κ3) is 2.96. The summed E-state index contributed by atoms with van der Waals surface area (Å²) in [6.45, 7) is 4.05. The molecule has 19 heavy (non-hydrogen) atoms. The van der Waals surface area contributed by atoms with Crippen molar-refractivity contribution in [3.05, 3.63) is 47.7 Å². The Bertz CT molecular complexity index is 552. The van der Waals surface area contributed by atoms with Crippen molar-refractivity contribution in [2.45, 2.75) is 19.9 Å². The average molecular weight is 257 g/mol. The van der Waals surface area contributed by atoms with Crippen LogP contribution < -0.4 is 15.8 Å². The van der Waals surface area contributed by atoms with Gasteiger partial charge in [0.05, 0.1) is 18.8 Å². The van der Waals surface area contributed by atoms with Gasteiger partial charge in [-0.2, -0.15) is 0 Å². The van der Waals surface area contributed by atoms with Crippen LogP contribution in [-0.2, 0) is 0 Å². The molecule has 4 nitrogen and oxygen atoms in total. The van der Waals surface area contributed by atoms with E-state index in [1.165, 1.54) is 0 Å². The second-order valence-electron chi connectivity index (χ2n) is 4.53. The monoisotopic (exact) mass is 257 g/mol. The average Bonchev–Trinajstić information content (AvgIpc) is 2.44. The molecule has 0 bridgehead atoms. The normalized spacial score (nSPS) is 11.9. The highest BCUT2D eigenvalue weighted by Gasteiger charge is 2.09. The van der Waals surface area contributed by atoms with Crippen LogP contribution in [0.2, 0.25) is 0 Å². The summed E-state index contributed by atoms with van der Waals surface area (Å²) in [6.07, 6.45) is 1.76. The number of anilines is 2. The molecule has 0 aliphatic carbocycles. The van der Waals surface area contributed by atoms with Gasteiger partial charge in [-0.05, 0) is 43.2 Å². The van der Waals surface area contributed by atoms with Gasteiger partial charge in [-0.25, -0.2) is 4.98 Å². The highest BCUT2D eigenvalue weighted by molar-refractivity contribution is 5.65. The van der Waals surface area contributed by atoms with Crippen LogP contribution in [0.25, 0.3) is 0 Å². The first kappa shape index (κ1) is 13.2. The number of nitrogens with zero attached hydrogens (tertiary/aromatic N) is 1. The number of benzene rings is 1. The highest BCUT2D eigenvalue weighted by atomic mass is 16.5. The molecule has 0 aliphatic heterocycles. The summed E-state index contributed by atoms with van der Waals surface area (Å²) >= 11 is 0. The van der Waals surface area contributed by atoms with Crippen molar-refractivity contribution in [3.8, 4) is 5.75 Å². The van der Waals surface area contributed by atoms with Crippen molar-refractivity contribution in [1.82, 2.24) is 4.98 Å². The van der Waals surface area contributed by atoms with E-state index in [1.54, 1.807) is 13.3 Å². The maximum Gasteiger partial charge on any atom is 0.149 e. The zero-order valence-electron chi connectivity index (χ0n) is 11.5. The number of aryl methyl sites for hydroxylation is 1. The lowest BCUT2D eigenvalue weighted by Gasteiger charge is -2.17. The van der Waals surface area contributed by atoms with Crippen LogP contribution in [0.4, 0.5) is 11.5 Å². The minimum Gasteiger partial charge on any atom is -0.497 e. The lowest BCUT2D eigenvalue weighted by atomic mass is 10.1. The topological polar surface area (TPSA) is 60.2 Å². The molecule has 1 aromatic carbocycles. The fourth-order valence-electron chi connectivity index (χ4n) is 1.87. The summed E-state index contributed by atoms with van der Waals surface area (Å²) in [6, 6.07) is 9.98. The second-order valence-corrected chi connectivity index (χ2v) is 4.53. The minimum absolute atomic E-state index is 0.127. The fraction of sp³-hybridized carbons (Fsp3) is 0.267. The number of hydrogen-bond acceptors (Lipinski definition) is 4. The van der Waals surface area contributed by atoms with Gasteiger partial charge < -0.3 is 15.8 Å². The summed E-state index contributed by atoms with van der Waals surface area (Å²) in [5.74, 6) is 1.58. The van der Waals surface area contributed by atoms with Crippen molar-refractivity contribution >= 4 is 11.5 Å². The molecule has 0 aliphatic rings. The maximum atomic E-state index is 6.01. The molecule has 0 radical (unpaired) electrons.